The summed E-state index contributed by atoms with van der Waals surface area (Å²) >= 11 is 0. The van der Waals surface area contributed by atoms with E-state index in [2.05, 4.69) is 90.1 Å². The molecule has 0 amide bonds. The van der Waals surface area contributed by atoms with E-state index in [0.29, 0.717) is 0 Å². The summed E-state index contributed by atoms with van der Waals surface area (Å²) in [6.07, 6.45) is 5.36. The van der Waals surface area contributed by atoms with Gasteiger partial charge in [0, 0.05) is 12.8 Å². The van der Waals surface area contributed by atoms with E-state index < -0.39 is 5.79 Å². The molecule has 0 aromatic heterocycles. The van der Waals surface area contributed by atoms with Gasteiger partial charge in [0.2, 0.25) is 0 Å². The highest BCUT2D eigenvalue weighted by molar-refractivity contribution is 5.40. The maximum Gasteiger partial charge on any atom is 0.251 e. The van der Waals surface area contributed by atoms with E-state index in [1.807, 2.05) is 0 Å². The van der Waals surface area contributed by atoms with Crippen molar-refractivity contribution in [3.8, 4) is 11.5 Å². The van der Waals surface area contributed by atoms with Crippen LogP contribution in [-0.2, 0) is 10.8 Å². The van der Waals surface area contributed by atoms with Gasteiger partial charge in [-0.05, 0) is 46.9 Å². The average molecular weight is 381 g/mol. The van der Waals surface area contributed by atoms with Gasteiger partial charge in [-0.15, -0.1) is 0 Å². The van der Waals surface area contributed by atoms with Gasteiger partial charge in [0.25, 0.3) is 5.79 Å². The monoisotopic (exact) mass is 380 g/mol. The van der Waals surface area contributed by atoms with E-state index in [1.54, 1.807) is 0 Å². The molecule has 3 rings (SSSR count). The maximum absolute atomic E-state index is 6.75. The highest BCUT2D eigenvalue weighted by Gasteiger charge is 2.39. The molecule has 0 unspecified atom stereocenters. The molecule has 1 aliphatic rings. The molecule has 2 aromatic carbocycles. The zero-order valence-corrected chi connectivity index (χ0v) is 18.5. The molecule has 0 spiro atoms. The van der Waals surface area contributed by atoms with E-state index >= 15 is 0 Å². The van der Waals surface area contributed by atoms with E-state index in [9.17, 15) is 0 Å². The van der Waals surface area contributed by atoms with Gasteiger partial charge in [-0.25, -0.2) is 0 Å². The SMILES string of the molecule is CC(C)(C)c1ccccc1OC1(Oc2ccccc2C(C)(C)C)CCCCC1. The highest BCUT2D eigenvalue weighted by atomic mass is 16.7. The largest absolute Gasteiger partial charge is 0.452 e. The molecule has 0 N–H and O–H groups in total. The molecule has 2 aromatic rings. The van der Waals surface area contributed by atoms with Gasteiger partial charge >= 0.3 is 0 Å². The van der Waals surface area contributed by atoms with Crippen LogP contribution in [0.4, 0.5) is 0 Å². The van der Waals surface area contributed by atoms with Crippen molar-refractivity contribution >= 4 is 0 Å². The number of rotatable bonds is 4. The minimum Gasteiger partial charge on any atom is -0.452 e. The third-order valence-electron chi connectivity index (χ3n) is 5.60. The fraction of sp³-hybridized carbons (Fsp3) is 0.538. The van der Waals surface area contributed by atoms with Crippen LogP contribution < -0.4 is 9.47 Å². The van der Waals surface area contributed by atoms with Crippen molar-refractivity contribution < 1.29 is 9.47 Å². The molecular weight excluding hydrogens is 344 g/mol. The van der Waals surface area contributed by atoms with Crippen LogP contribution in [-0.4, -0.2) is 5.79 Å². The summed E-state index contributed by atoms with van der Waals surface area (Å²) in [6.45, 7) is 13.4. The second kappa shape index (κ2) is 7.81. The van der Waals surface area contributed by atoms with Crippen molar-refractivity contribution in [3.05, 3.63) is 59.7 Å². The summed E-state index contributed by atoms with van der Waals surface area (Å²) < 4.78 is 13.5. The first-order valence-electron chi connectivity index (χ1n) is 10.7. The van der Waals surface area contributed by atoms with Crippen molar-refractivity contribution in [2.24, 2.45) is 0 Å². The van der Waals surface area contributed by atoms with Gasteiger partial charge in [0.1, 0.15) is 11.5 Å². The van der Waals surface area contributed by atoms with Crippen LogP contribution in [0.25, 0.3) is 0 Å². The molecule has 0 saturated heterocycles. The molecule has 2 heteroatoms. The number of benzene rings is 2. The smallest absolute Gasteiger partial charge is 0.251 e. The Morgan fingerprint density at radius 2 is 1.00 bits per heavy atom. The van der Waals surface area contributed by atoms with Crippen LogP contribution in [0.5, 0.6) is 11.5 Å². The van der Waals surface area contributed by atoms with Crippen LogP contribution in [0, 0.1) is 0 Å². The number of para-hydroxylation sites is 2. The Hall–Kier alpha value is -1.96. The Labute approximate surface area is 171 Å². The number of hydrogen-bond acceptors (Lipinski definition) is 2. The summed E-state index contributed by atoms with van der Waals surface area (Å²) in [6, 6.07) is 16.8. The first kappa shape index (κ1) is 20.8. The quantitative estimate of drug-likeness (QED) is 0.514. The van der Waals surface area contributed by atoms with Crippen molar-refractivity contribution in [2.75, 3.05) is 0 Å². The van der Waals surface area contributed by atoms with Crippen LogP contribution >= 0.6 is 0 Å². The van der Waals surface area contributed by atoms with Gasteiger partial charge in [-0.2, -0.15) is 0 Å². The number of hydrogen-bond donors (Lipinski definition) is 0. The van der Waals surface area contributed by atoms with E-state index in [1.165, 1.54) is 17.5 Å². The summed E-state index contributed by atoms with van der Waals surface area (Å²) in [5.41, 5.74) is 2.51. The topological polar surface area (TPSA) is 18.5 Å². The molecule has 1 aliphatic carbocycles. The Morgan fingerprint density at radius 3 is 1.39 bits per heavy atom. The van der Waals surface area contributed by atoms with E-state index in [-0.39, 0.29) is 10.8 Å². The molecule has 152 valence electrons. The van der Waals surface area contributed by atoms with Gasteiger partial charge in [-0.1, -0.05) is 84.4 Å². The number of ether oxygens (including phenoxy) is 2. The summed E-state index contributed by atoms with van der Waals surface area (Å²) in [5.74, 6) is 1.30. The minimum atomic E-state index is -0.596. The molecule has 0 bridgehead atoms. The maximum atomic E-state index is 6.75. The van der Waals surface area contributed by atoms with Crippen LogP contribution in [0.2, 0.25) is 0 Å². The van der Waals surface area contributed by atoms with Crippen molar-refractivity contribution in [3.63, 3.8) is 0 Å². The van der Waals surface area contributed by atoms with E-state index in [4.69, 9.17) is 9.47 Å². The lowest BCUT2D eigenvalue weighted by atomic mass is 9.85. The fourth-order valence-corrected chi connectivity index (χ4v) is 4.07. The van der Waals surface area contributed by atoms with Crippen LogP contribution in [0.1, 0.15) is 84.8 Å². The van der Waals surface area contributed by atoms with Crippen molar-refractivity contribution in [1.82, 2.24) is 0 Å². The first-order valence-corrected chi connectivity index (χ1v) is 10.7. The third kappa shape index (κ3) is 4.71. The molecule has 2 nitrogen and oxygen atoms in total. The molecule has 0 atom stereocenters. The Morgan fingerprint density at radius 1 is 0.607 bits per heavy atom. The molecule has 1 fully saturated rings. The summed E-state index contributed by atoms with van der Waals surface area (Å²) in [4.78, 5) is 0. The second-order valence-electron chi connectivity index (χ2n) is 10.2. The lowest BCUT2D eigenvalue weighted by molar-refractivity contribution is -0.138. The Bertz CT molecular complexity index is 725. The molecule has 0 radical (unpaired) electrons. The average Bonchev–Trinajstić information content (AvgIpc) is 2.61. The standard InChI is InChI=1S/C26H36O2/c1-24(2,3)20-14-8-10-16-22(20)27-26(18-12-7-13-19-26)28-23-17-11-9-15-21(23)25(4,5)6/h8-11,14-17H,7,12-13,18-19H2,1-6H3. The third-order valence-corrected chi connectivity index (χ3v) is 5.60. The van der Waals surface area contributed by atoms with Crippen molar-refractivity contribution in [1.29, 1.82) is 0 Å². The minimum absolute atomic E-state index is 0.0236. The zero-order valence-electron chi connectivity index (χ0n) is 18.5. The molecule has 1 saturated carbocycles. The summed E-state index contributed by atoms with van der Waals surface area (Å²) in [5, 5.41) is 0. The lowest BCUT2D eigenvalue weighted by Crippen LogP contribution is -2.45. The fourth-order valence-electron chi connectivity index (χ4n) is 4.07. The molecular formula is C26H36O2. The van der Waals surface area contributed by atoms with Crippen LogP contribution in [0.3, 0.4) is 0 Å². The van der Waals surface area contributed by atoms with Gasteiger partial charge in [-0.3, -0.25) is 0 Å². The Balaban J connectivity index is 1.98. The van der Waals surface area contributed by atoms with Crippen molar-refractivity contribution in [2.45, 2.75) is 90.3 Å². The predicted molar refractivity (Wildman–Crippen MR) is 117 cm³/mol. The second-order valence-corrected chi connectivity index (χ2v) is 10.2. The first-order chi connectivity index (χ1) is 13.1. The zero-order chi connectivity index (χ0) is 20.4. The van der Waals surface area contributed by atoms with Gasteiger partial charge < -0.3 is 9.47 Å². The molecule has 28 heavy (non-hydrogen) atoms. The molecule has 0 aliphatic heterocycles. The van der Waals surface area contributed by atoms with Gasteiger partial charge in [0.15, 0.2) is 0 Å². The predicted octanol–water partition coefficient (Wildman–Crippen LogP) is 7.40. The molecule has 0 heterocycles. The van der Waals surface area contributed by atoms with E-state index in [0.717, 1.165) is 37.2 Å². The normalized spacial score (nSPS) is 17.2. The highest BCUT2D eigenvalue weighted by Crippen LogP contribution is 2.41. The van der Waals surface area contributed by atoms with Gasteiger partial charge in [0.05, 0.1) is 0 Å². The Kier molecular flexibility index (Phi) is 5.79. The van der Waals surface area contributed by atoms with Crippen LogP contribution in [0.15, 0.2) is 48.5 Å². The summed E-state index contributed by atoms with van der Waals surface area (Å²) in [7, 11) is 0. The lowest BCUT2D eigenvalue weighted by Gasteiger charge is -2.40.